The van der Waals surface area contributed by atoms with Crippen LogP contribution in [0.3, 0.4) is 0 Å². The summed E-state index contributed by atoms with van der Waals surface area (Å²) in [7, 11) is 0. The van der Waals surface area contributed by atoms with Gasteiger partial charge in [0, 0.05) is 19.5 Å². The van der Waals surface area contributed by atoms with Crippen LogP contribution in [0, 0.1) is 0 Å². The Morgan fingerprint density at radius 3 is 2.24 bits per heavy atom. The molecule has 0 heterocycles. The average Bonchev–Trinajstić information content (AvgIpc) is 2.34. The maximum atomic E-state index is 11.5. The minimum Gasteiger partial charge on any atom is -0.457 e. The summed E-state index contributed by atoms with van der Waals surface area (Å²) in [5, 5.41) is 0. The topological polar surface area (TPSA) is 89.7 Å². The predicted octanol–water partition coefficient (Wildman–Crippen LogP) is -0.294. The highest BCUT2D eigenvalue weighted by Crippen LogP contribution is 1.94. The molecule has 0 unspecified atom stereocenters. The van der Waals surface area contributed by atoms with E-state index in [1.807, 2.05) is 0 Å². The fourth-order valence-corrected chi connectivity index (χ4v) is 1.21. The van der Waals surface area contributed by atoms with Crippen molar-refractivity contribution in [3.63, 3.8) is 0 Å². The van der Waals surface area contributed by atoms with Crippen molar-refractivity contribution in [2.45, 2.75) is 26.7 Å². The number of hydrogen-bond acceptors (Lipinski definition) is 5. The van der Waals surface area contributed by atoms with Crippen LogP contribution in [0.5, 0.6) is 0 Å². The Balaban J connectivity index is 4.01. The molecule has 6 heteroatoms. The van der Waals surface area contributed by atoms with Crippen molar-refractivity contribution >= 4 is 17.7 Å². The number of amides is 1. The summed E-state index contributed by atoms with van der Waals surface area (Å²) in [6.07, 6.45) is 0.681. The summed E-state index contributed by atoms with van der Waals surface area (Å²) in [4.78, 5) is 35.4. The van der Waals surface area contributed by atoms with E-state index in [-0.39, 0.29) is 6.42 Å². The zero-order valence-electron chi connectivity index (χ0n) is 10.4. The maximum absolute atomic E-state index is 11.5. The summed E-state index contributed by atoms with van der Waals surface area (Å²) in [6, 6.07) is 0. The van der Waals surface area contributed by atoms with E-state index in [4.69, 9.17) is 5.73 Å². The van der Waals surface area contributed by atoms with Crippen LogP contribution in [0.2, 0.25) is 0 Å². The smallest absolute Gasteiger partial charge is 0.306 e. The molecule has 0 aliphatic rings. The Labute approximate surface area is 101 Å². The highest BCUT2D eigenvalue weighted by molar-refractivity contribution is 6.36. The van der Waals surface area contributed by atoms with Crippen LogP contribution < -0.4 is 5.73 Å². The third-order valence-corrected chi connectivity index (χ3v) is 2.24. The van der Waals surface area contributed by atoms with Gasteiger partial charge in [0.25, 0.3) is 11.7 Å². The minimum absolute atomic E-state index is 0.170. The number of carbonyl (C=O) groups excluding carboxylic acids is 3. The fourth-order valence-electron chi connectivity index (χ4n) is 1.21. The summed E-state index contributed by atoms with van der Waals surface area (Å²) in [6.45, 7) is 4.38. The summed E-state index contributed by atoms with van der Waals surface area (Å²) in [5.74, 6) is -1.81. The molecular formula is C11H20N2O4. The number of ketones is 1. The predicted molar refractivity (Wildman–Crippen MR) is 62.2 cm³/mol. The number of nitrogens with two attached hydrogens (primary N) is 1. The van der Waals surface area contributed by atoms with E-state index in [0.29, 0.717) is 26.1 Å². The normalized spacial score (nSPS) is 9.82. The number of rotatable bonds is 8. The van der Waals surface area contributed by atoms with Gasteiger partial charge < -0.3 is 15.4 Å². The van der Waals surface area contributed by atoms with Gasteiger partial charge in [0.1, 0.15) is 0 Å². The van der Waals surface area contributed by atoms with Crippen LogP contribution in [0.4, 0.5) is 0 Å². The van der Waals surface area contributed by atoms with Crippen LogP contribution in [0.15, 0.2) is 0 Å². The molecule has 0 bridgehead atoms. The van der Waals surface area contributed by atoms with E-state index in [9.17, 15) is 14.4 Å². The van der Waals surface area contributed by atoms with Crippen molar-refractivity contribution in [2.75, 3.05) is 26.2 Å². The Hall–Kier alpha value is -1.43. The number of ether oxygens (including phenoxy) is 1. The molecule has 0 spiro atoms. The molecule has 0 aromatic carbocycles. The molecular weight excluding hydrogens is 224 g/mol. The maximum Gasteiger partial charge on any atom is 0.306 e. The lowest BCUT2D eigenvalue weighted by Crippen LogP contribution is -2.38. The molecule has 98 valence electrons. The first-order valence-electron chi connectivity index (χ1n) is 5.74. The van der Waals surface area contributed by atoms with Crippen molar-refractivity contribution in [3.8, 4) is 0 Å². The van der Waals surface area contributed by atoms with Gasteiger partial charge in [0.05, 0.1) is 0 Å². The molecule has 17 heavy (non-hydrogen) atoms. The Kier molecular flexibility index (Phi) is 7.96. The summed E-state index contributed by atoms with van der Waals surface area (Å²) in [5.41, 5.74) is 5.22. The van der Waals surface area contributed by atoms with Crippen LogP contribution >= 0.6 is 0 Å². The van der Waals surface area contributed by atoms with Gasteiger partial charge >= 0.3 is 5.97 Å². The lowest BCUT2D eigenvalue weighted by molar-refractivity contribution is -0.153. The van der Waals surface area contributed by atoms with Crippen molar-refractivity contribution in [3.05, 3.63) is 0 Å². The Morgan fingerprint density at radius 1 is 1.18 bits per heavy atom. The van der Waals surface area contributed by atoms with Gasteiger partial charge in [0.15, 0.2) is 6.61 Å². The van der Waals surface area contributed by atoms with Crippen molar-refractivity contribution in [1.29, 1.82) is 0 Å². The van der Waals surface area contributed by atoms with E-state index in [2.05, 4.69) is 4.74 Å². The van der Waals surface area contributed by atoms with Gasteiger partial charge in [-0.05, 0) is 26.8 Å². The van der Waals surface area contributed by atoms with E-state index < -0.39 is 24.3 Å². The van der Waals surface area contributed by atoms with Crippen LogP contribution in [0.1, 0.15) is 26.7 Å². The van der Waals surface area contributed by atoms with Crippen LogP contribution in [-0.2, 0) is 19.1 Å². The zero-order valence-corrected chi connectivity index (χ0v) is 10.4. The first kappa shape index (κ1) is 15.6. The average molecular weight is 244 g/mol. The molecule has 0 fully saturated rings. The lowest BCUT2D eigenvalue weighted by atomic mass is 10.3. The largest absolute Gasteiger partial charge is 0.457 e. The molecule has 2 N–H and O–H groups in total. The molecule has 0 aliphatic heterocycles. The number of nitrogens with zero attached hydrogens (tertiary/aromatic N) is 1. The Bertz CT molecular complexity index is 275. The first-order valence-corrected chi connectivity index (χ1v) is 5.74. The lowest BCUT2D eigenvalue weighted by Gasteiger charge is -2.17. The second-order valence-corrected chi connectivity index (χ2v) is 3.45. The van der Waals surface area contributed by atoms with Gasteiger partial charge in [-0.25, -0.2) is 0 Å². The second kappa shape index (κ2) is 8.69. The molecule has 0 rings (SSSR count). The standard InChI is InChI=1S/C11H20N2O4/c1-3-13(4-2)11(16)9(14)8-17-10(15)6-5-7-12/h3-8,12H2,1-2H3. The molecule has 0 aliphatic carbocycles. The molecule has 0 saturated carbocycles. The van der Waals surface area contributed by atoms with Crippen molar-refractivity contribution in [1.82, 2.24) is 4.90 Å². The summed E-state index contributed by atoms with van der Waals surface area (Å²) >= 11 is 0. The van der Waals surface area contributed by atoms with Crippen molar-refractivity contribution < 1.29 is 19.1 Å². The van der Waals surface area contributed by atoms with Crippen molar-refractivity contribution in [2.24, 2.45) is 5.73 Å². The number of Topliss-reactive ketones (excluding diaryl/α,β-unsaturated/α-hetero) is 1. The van der Waals surface area contributed by atoms with Crippen LogP contribution in [0.25, 0.3) is 0 Å². The summed E-state index contributed by atoms with van der Waals surface area (Å²) < 4.78 is 4.67. The molecule has 0 aromatic rings. The van der Waals surface area contributed by atoms with Gasteiger partial charge in [-0.3, -0.25) is 14.4 Å². The fraction of sp³-hybridized carbons (Fsp3) is 0.727. The third kappa shape index (κ3) is 6.01. The minimum atomic E-state index is -0.699. The second-order valence-electron chi connectivity index (χ2n) is 3.45. The van der Waals surface area contributed by atoms with E-state index in [0.717, 1.165) is 0 Å². The molecule has 0 radical (unpaired) electrons. The quantitative estimate of drug-likeness (QED) is 0.468. The van der Waals surface area contributed by atoms with E-state index in [1.54, 1.807) is 13.8 Å². The molecule has 0 saturated heterocycles. The van der Waals surface area contributed by atoms with Gasteiger partial charge in [-0.2, -0.15) is 0 Å². The molecule has 1 amide bonds. The molecule has 6 nitrogen and oxygen atoms in total. The zero-order chi connectivity index (χ0) is 13.3. The SMILES string of the molecule is CCN(CC)C(=O)C(=O)COC(=O)CCCN. The monoisotopic (exact) mass is 244 g/mol. The third-order valence-electron chi connectivity index (χ3n) is 2.24. The van der Waals surface area contributed by atoms with Crippen LogP contribution in [-0.4, -0.2) is 48.8 Å². The number of hydrogen-bond donors (Lipinski definition) is 1. The molecule has 0 aromatic heterocycles. The van der Waals surface area contributed by atoms with E-state index >= 15 is 0 Å². The highest BCUT2D eigenvalue weighted by atomic mass is 16.5. The van der Waals surface area contributed by atoms with Gasteiger partial charge in [-0.1, -0.05) is 0 Å². The van der Waals surface area contributed by atoms with Gasteiger partial charge in [-0.15, -0.1) is 0 Å². The highest BCUT2D eigenvalue weighted by Gasteiger charge is 2.20. The van der Waals surface area contributed by atoms with Gasteiger partial charge in [0.2, 0.25) is 0 Å². The number of esters is 1. The molecule has 0 atom stereocenters. The van der Waals surface area contributed by atoms with E-state index in [1.165, 1.54) is 4.90 Å². The number of carbonyl (C=O) groups is 3. The number of likely N-dealkylation sites (N-methyl/N-ethyl adjacent to an activating group) is 1. The first-order chi connectivity index (χ1) is 8.06. The Morgan fingerprint density at radius 2 is 1.76 bits per heavy atom.